The molecule has 1 heterocycles. The Kier molecular flexibility index (Phi) is 5.86. The van der Waals surface area contributed by atoms with E-state index in [1.807, 2.05) is 6.92 Å². The first kappa shape index (κ1) is 15.2. The molecule has 0 aromatic carbocycles. The largest absolute Gasteiger partial charge is 0.481 e. The van der Waals surface area contributed by atoms with Crippen LogP contribution in [0.4, 0.5) is 0 Å². The highest BCUT2D eigenvalue weighted by Crippen LogP contribution is 2.35. The molecule has 0 fully saturated rings. The molecular formula is C15H24O2S. The van der Waals surface area contributed by atoms with E-state index in [-0.39, 0.29) is 0 Å². The lowest BCUT2D eigenvalue weighted by molar-refractivity contribution is -0.149. The third kappa shape index (κ3) is 3.58. The molecule has 102 valence electrons. The van der Waals surface area contributed by atoms with Gasteiger partial charge in [0.05, 0.1) is 5.41 Å². The van der Waals surface area contributed by atoms with Crippen LogP contribution in [0.5, 0.6) is 0 Å². The number of aliphatic carboxylic acids is 1. The maximum Gasteiger partial charge on any atom is 0.309 e. The van der Waals surface area contributed by atoms with Crippen LogP contribution in [0.15, 0.2) is 12.1 Å². The molecule has 0 bridgehead atoms. The second-order valence-corrected chi connectivity index (χ2v) is 6.19. The van der Waals surface area contributed by atoms with E-state index in [1.54, 1.807) is 11.3 Å². The van der Waals surface area contributed by atoms with E-state index in [1.165, 1.54) is 9.75 Å². The molecule has 1 atom stereocenters. The predicted octanol–water partition coefficient (Wildman–Crippen LogP) is 4.52. The SMILES string of the molecule is CCCCC(CC)(Cc1ccc(CC)s1)C(=O)O. The van der Waals surface area contributed by atoms with Gasteiger partial charge in [-0.3, -0.25) is 4.79 Å². The minimum absolute atomic E-state index is 0.564. The van der Waals surface area contributed by atoms with Gasteiger partial charge in [0.2, 0.25) is 0 Å². The first-order chi connectivity index (χ1) is 8.57. The predicted molar refractivity (Wildman–Crippen MR) is 77.3 cm³/mol. The number of hydrogen-bond donors (Lipinski definition) is 1. The number of carboxylic acid groups (broad SMARTS) is 1. The van der Waals surface area contributed by atoms with Gasteiger partial charge >= 0.3 is 5.97 Å². The lowest BCUT2D eigenvalue weighted by Crippen LogP contribution is -2.32. The normalized spacial score (nSPS) is 14.4. The summed E-state index contributed by atoms with van der Waals surface area (Å²) in [6, 6.07) is 4.23. The van der Waals surface area contributed by atoms with Crippen LogP contribution >= 0.6 is 11.3 Å². The van der Waals surface area contributed by atoms with Crippen molar-refractivity contribution < 1.29 is 9.90 Å². The Morgan fingerprint density at radius 3 is 2.39 bits per heavy atom. The molecule has 0 amide bonds. The summed E-state index contributed by atoms with van der Waals surface area (Å²) in [5, 5.41) is 9.58. The average molecular weight is 268 g/mol. The fourth-order valence-electron chi connectivity index (χ4n) is 2.28. The molecule has 1 aromatic rings. The fraction of sp³-hybridized carbons (Fsp3) is 0.667. The molecule has 0 saturated carbocycles. The Bertz CT molecular complexity index is 384. The lowest BCUT2D eigenvalue weighted by atomic mass is 9.77. The third-order valence-corrected chi connectivity index (χ3v) is 4.95. The van der Waals surface area contributed by atoms with Crippen LogP contribution in [0.1, 0.15) is 56.2 Å². The summed E-state index contributed by atoms with van der Waals surface area (Å²) in [4.78, 5) is 14.2. The van der Waals surface area contributed by atoms with E-state index < -0.39 is 11.4 Å². The Labute approximate surface area is 114 Å². The summed E-state index contributed by atoms with van der Waals surface area (Å²) in [5.74, 6) is -0.634. The molecule has 0 saturated heterocycles. The van der Waals surface area contributed by atoms with Crippen molar-refractivity contribution in [2.45, 2.75) is 59.3 Å². The molecule has 2 nitrogen and oxygen atoms in total. The molecule has 0 aliphatic rings. The molecule has 0 radical (unpaired) electrons. The quantitative estimate of drug-likeness (QED) is 0.752. The van der Waals surface area contributed by atoms with Gasteiger partial charge in [0.25, 0.3) is 0 Å². The maximum absolute atomic E-state index is 11.6. The first-order valence-electron chi connectivity index (χ1n) is 6.89. The van der Waals surface area contributed by atoms with Crippen molar-refractivity contribution in [3.63, 3.8) is 0 Å². The molecule has 3 heteroatoms. The van der Waals surface area contributed by atoms with Crippen LogP contribution in [0, 0.1) is 5.41 Å². The van der Waals surface area contributed by atoms with Crippen LogP contribution < -0.4 is 0 Å². The molecule has 0 aliphatic heterocycles. The molecule has 0 aliphatic carbocycles. The Balaban J connectivity index is 2.85. The highest BCUT2D eigenvalue weighted by Gasteiger charge is 2.36. The van der Waals surface area contributed by atoms with Crippen molar-refractivity contribution in [1.29, 1.82) is 0 Å². The van der Waals surface area contributed by atoms with Gasteiger partial charge in [-0.2, -0.15) is 0 Å². The van der Waals surface area contributed by atoms with Gasteiger partial charge in [-0.05, 0) is 37.8 Å². The number of hydrogen-bond acceptors (Lipinski definition) is 2. The summed E-state index contributed by atoms with van der Waals surface area (Å²) in [5.41, 5.74) is -0.564. The highest BCUT2D eigenvalue weighted by molar-refractivity contribution is 7.12. The Morgan fingerprint density at radius 1 is 1.28 bits per heavy atom. The molecular weight excluding hydrogens is 244 g/mol. The summed E-state index contributed by atoms with van der Waals surface area (Å²) in [6.45, 7) is 6.25. The first-order valence-corrected chi connectivity index (χ1v) is 7.70. The van der Waals surface area contributed by atoms with Gasteiger partial charge < -0.3 is 5.11 Å². The molecule has 1 unspecified atom stereocenters. The van der Waals surface area contributed by atoms with Gasteiger partial charge in [-0.15, -0.1) is 11.3 Å². The van der Waals surface area contributed by atoms with E-state index in [9.17, 15) is 9.90 Å². The summed E-state index contributed by atoms with van der Waals surface area (Å²) < 4.78 is 0. The monoisotopic (exact) mass is 268 g/mol. The van der Waals surface area contributed by atoms with Crippen molar-refractivity contribution in [2.24, 2.45) is 5.41 Å². The standard InChI is InChI=1S/C15H24O2S/c1-4-7-10-15(6-3,14(16)17)11-13-9-8-12(5-2)18-13/h8-9H,4-7,10-11H2,1-3H3,(H,16,17). The topological polar surface area (TPSA) is 37.3 Å². The number of aryl methyl sites for hydroxylation is 1. The van der Waals surface area contributed by atoms with Gasteiger partial charge in [-0.1, -0.05) is 33.6 Å². The van der Waals surface area contributed by atoms with Crippen molar-refractivity contribution >= 4 is 17.3 Å². The van der Waals surface area contributed by atoms with Gasteiger partial charge in [0.1, 0.15) is 0 Å². The van der Waals surface area contributed by atoms with E-state index >= 15 is 0 Å². The second-order valence-electron chi connectivity index (χ2n) is 4.94. The van der Waals surface area contributed by atoms with Crippen molar-refractivity contribution in [1.82, 2.24) is 0 Å². The van der Waals surface area contributed by atoms with Crippen molar-refractivity contribution in [3.05, 3.63) is 21.9 Å². The van der Waals surface area contributed by atoms with Crippen LogP contribution in [0.2, 0.25) is 0 Å². The average Bonchev–Trinajstić information content (AvgIpc) is 2.81. The van der Waals surface area contributed by atoms with E-state index in [4.69, 9.17) is 0 Å². The highest BCUT2D eigenvalue weighted by atomic mass is 32.1. The molecule has 1 N–H and O–H groups in total. The van der Waals surface area contributed by atoms with Gasteiger partial charge in [-0.25, -0.2) is 0 Å². The van der Waals surface area contributed by atoms with Crippen molar-refractivity contribution in [3.8, 4) is 0 Å². The third-order valence-electron chi connectivity index (χ3n) is 3.72. The number of unbranched alkanes of at least 4 members (excludes halogenated alkanes) is 1. The minimum atomic E-state index is -0.634. The Hall–Kier alpha value is -0.830. The molecule has 1 aromatic heterocycles. The molecule has 0 spiro atoms. The van der Waals surface area contributed by atoms with E-state index in [2.05, 4.69) is 26.0 Å². The zero-order valence-corrected chi connectivity index (χ0v) is 12.5. The maximum atomic E-state index is 11.6. The Morgan fingerprint density at radius 2 is 1.94 bits per heavy atom. The number of carbonyl (C=O) groups is 1. The molecule has 1 rings (SSSR count). The molecule has 18 heavy (non-hydrogen) atoms. The summed E-state index contributed by atoms with van der Waals surface area (Å²) in [7, 11) is 0. The lowest BCUT2D eigenvalue weighted by Gasteiger charge is -2.27. The summed E-state index contributed by atoms with van der Waals surface area (Å²) >= 11 is 1.76. The van der Waals surface area contributed by atoms with Crippen LogP contribution in [0.3, 0.4) is 0 Å². The second kappa shape index (κ2) is 6.93. The van der Waals surface area contributed by atoms with E-state index in [0.29, 0.717) is 12.8 Å². The van der Waals surface area contributed by atoms with E-state index in [0.717, 1.165) is 25.7 Å². The van der Waals surface area contributed by atoms with Crippen LogP contribution in [-0.2, 0) is 17.6 Å². The summed E-state index contributed by atoms with van der Waals surface area (Å²) in [6.07, 6.45) is 5.26. The smallest absolute Gasteiger partial charge is 0.309 e. The van der Waals surface area contributed by atoms with Gasteiger partial charge in [0.15, 0.2) is 0 Å². The minimum Gasteiger partial charge on any atom is -0.481 e. The zero-order chi connectivity index (χ0) is 13.6. The number of rotatable bonds is 8. The van der Waals surface area contributed by atoms with Crippen molar-refractivity contribution in [2.75, 3.05) is 0 Å². The number of carboxylic acids is 1. The van der Waals surface area contributed by atoms with Crippen LogP contribution in [0.25, 0.3) is 0 Å². The number of thiophene rings is 1. The fourth-order valence-corrected chi connectivity index (χ4v) is 3.38. The van der Waals surface area contributed by atoms with Gasteiger partial charge in [0, 0.05) is 9.75 Å². The zero-order valence-electron chi connectivity index (χ0n) is 11.7. The van der Waals surface area contributed by atoms with Crippen LogP contribution in [-0.4, -0.2) is 11.1 Å².